The van der Waals surface area contributed by atoms with Gasteiger partial charge in [-0.1, -0.05) is 0 Å². The Labute approximate surface area is 126 Å². The summed E-state index contributed by atoms with van der Waals surface area (Å²) in [5.41, 5.74) is 0. The molecule has 0 fully saturated rings. The molecular formula is C6H3BrRbRe-. The van der Waals surface area contributed by atoms with Crippen LogP contribution in [-0.4, -0.2) is 0 Å². The van der Waals surface area contributed by atoms with Crippen LogP contribution in [0.2, 0.25) is 0 Å². The predicted octanol–water partition coefficient (Wildman–Crippen LogP) is -0.949. The van der Waals surface area contributed by atoms with Gasteiger partial charge in [0.25, 0.3) is 0 Å². The van der Waals surface area contributed by atoms with Crippen LogP contribution in [0.3, 0.4) is 0 Å². The summed E-state index contributed by atoms with van der Waals surface area (Å²) < 4.78 is 0.954. The van der Waals surface area contributed by atoms with E-state index in [9.17, 15) is 0 Å². The molecule has 1 aromatic carbocycles. The van der Waals surface area contributed by atoms with E-state index in [-0.39, 0.29) is 78.6 Å². The zero-order chi connectivity index (χ0) is 5.11. The van der Waals surface area contributed by atoms with Crippen molar-refractivity contribution >= 4 is 15.9 Å². The van der Waals surface area contributed by atoms with E-state index in [2.05, 4.69) is 28.1 Å². The first-order valence-corrected chi connectivity index (χ1v) is 2.72. The Kier molecular flexibility index (Phi) is 12.6. The summed E-state index contributed by atoms with van der Waals surface area (Å²) in [7, 11) is 0. The molecule has 0 atom stereocenters. The van der Waals surface area contributed by atoms with Crippen LogP contribution in [0.15, 0.2) is 22.7 Å². The van der Waals surface area contributed by atoms with Crippen molar-refractivity contribution in [2.45, 2.75) is 0 Å². The maximum Gasteiger partial charge on any atom is 1.00 e. The fourth-order valence-electron chi connectivity index (χ4n) is 0.332. The van der Waals surface area contributed by atoms with E-state index in [0.29, 0.717) is 0 Å². The van der Waals surface area contributed by atoms with E-state index in [0.717, 1.165) is 4.47 Å². The van der Waals surface area contributed by atoms with E-state index in [4.69, 9.17) is 0 Å². The third kappa shape index (κ3) is 6.56. The third-order valence-electron chi connectivity index (χ3n) is 0.611. The van der Waals surface area contributed by atoms with E-state index in [1.807, 2.05) is 18.2 Å². The van der Waals surface area contributed by atoms with E-state index in [1.54, 1.807) is 0 Å². The molecule has 0 saturated carbocycles. The van der Waals surface area contributed by atoms with Gasteiger partial charge in [-0.05, 0) is 0 Å². The minimum Gasteiger partial charge on any atom is -0.318 e. The molecule has 9 heavy (non-hydrogen) atoms. The van der Waals surface area contributed by atoms with Crippen LogP contribution in [0.5, 0.6) is 0 Å². The third-order valence-corrected chi connectivity index (χ3v) is 1.07. The van der Waals surface area contributed by atoms with Crippen molar-refractivity contribution in [2.75, 3.05) is 0 Å². The minimum absolute atomic E-state index is 0. The second kappa shape index (κ2) is 8.27. The molecule has 0 bridgehead atoms. The fraction of sp³-hybridized carbons (Fsp3) is 0. The van der Waals surface area contributed by atoms with Crippen molar-refractivity contribution in [3.63, 3.8) is 0 Å². The Balaban J connectivity index is 0. The Bertz CT molecular complexity index is 143. The number of hydrogen-bond donors (Lipinski definition) is 0. The molecule has 0 heterocycles. The Morgan fingerprint density at radius 1 is 1.33 bits per heavy atom. The fourth-order valence-corrected chi connectivity index (χ4v) is 0.597. The molecule has 3 heteroatoms. The molecule has 1 aromatic rings. The van der Waals surface area contributed by atoms with E-state index >= 15 is 0 Å². The van der Waals surface area contributed by atoms with E-state index < -0.39 is 0 Å². The molecule has 0 aliphatic carbocycles. The first-order chi connectivity index (χ1) is 3.39. The van der Waals surface area contributed by atoms with Crippen LogP contribution in [0.1, 0.15) is 0 Å². The van der Waals surface area contributed by atoms with Crippen molar-refractivity contribution in [3.05, 3.63) is 34.8 Å². The van der Waals surface area contributed by atoms with Gasteiger partial charge in [0.2, 0.25) is 0 Å². The largest absolute Gasteiger partial charge is 1.00 e. The molecule has 0 aliphatic rings. The van der Waals surface area contributed by atoms with Crippen molar-refractivity contribution in [2.24, 2.45) is 0 Å². The molecule has 1 rings (SSSR count). The second-order valence-electron chi connectivity index (χ2n) is 1.14. The average molecular weight is 427 g/mol. The van der Waals surface area contributed by atoms with Gasteiger partial charge >= 0.3 is 58.2 Å². The first kappa shape index (κ1) is 13.7. The van der Waals surface area contributed by atoms with Gasteiger partial charge in [-0.3, -0.25) is 18.2 Å². The molecular weight excluding hydrogens is 424 g/mol. The summed E-state index contributed by atoms with van der Waals surface area (Å²) in [5, 5.41) is 0. The maximum atomic E-state index is 3.22. The van der Waals surface area contributed by atoms with Crippen LogP contribution in [0.4, 0.5) is 0 Å². The van der Waals surface area contributed by atoms with Gasteiger partial charge in [0.05, 0.1) is 0 Å². The summed E-state index contributed by atoms with van der Waals surface area (Å²) >= 11 is 3.22. The molecule has 0 spiro atoms. The van der Waals surface area contributed by atoms with E-state index in [1.165, 1.54) is 0 Å². The zero-order valence-electron chi connectivity index (χ0n) is 4.99. The number of halogens is 1. The molecule has 0 unspecified atom stereocenters. The number of hydrogen-bond acceptors (Lipinski definition) is 0. The molecule has 0 N–H and O–H groups in total. The van der Waals surface area contributed by atoms with Crippen LogP contribution < -0.4 is 58.2 Å². The van der Waals surface area contributed by atoms with Crippen molar-refractivity contribution in [1.29, 1.82) is 0 Å². The Morgan fingerprint density at radius 3 is 2.22 bits per heavy atom. The number of benzene rings is 1. The minimum atomic E-state index is 0. The Hall–Kier alpha value is 2.17. The second-order valence-corrected chi connectivity index (χ2v) is 1.99. The molecule has 0 aromatic heterocycles. The van der Waals surface area contributed by atoms with Gasteiger partial charge in [0, 0.05) is 20.4 Å². The van der Waals surface area contributed by atoms with Gasteiger partial charge in [0.1, 0.15) is 0 Å². The molecule has 43 valence electrons. The van der Waals surface area contributed by atoms with Gasteiger partial charge in [-0.15, -0.1) is 0 Å². The summed E-state index contributed by atoms with van der Waals surface area (Å²) in [6, 6.07) is 11.2. The van der Waals surface area contributed by atoms with Gasteiger partial charge in [-0.2, -0.15) is 15.9 Å². The summed E-state index contributed by atoms with van der Waals surface area (Å²) in [5.74, 6) is 0. The van der Waals surface area contributed by atoms with Crippen LogP contribution in [0, 0.1) is 12.1 Å². The van der Waals surface area contributed by atoms with Crippen LogP contribution >= 0.6 is 15.9 Å². The Morgan fingerprint density at radius 2 is 2.00 bits per heavy atom. The standard InChI is InChI=1S/C6H3Br.Rb.Re/c7-6-4-2-1-3-5-6;;/h1-2,5H;;/q-2;+1;. The molecule has 0 amide bonds. The molecule has 0 nitrogen and oxygen atoms in total. The van der Waals surface area contributed by atoms with Crippen molar-refractivity contribution < 1.29 is 78.6 Å². The first-order valence-electron chi connectivity index (χ1n) is 1.93. The SMILES string of the molecule is Brc1[c-]cc[c-]c1.[Rb+].[Re]. The summed E-state index contributed by atoms with van der Waals surface area (Å²) in [6.45, 7) is 0. The summed E-state index contributed by atoms with van der Waals surface area (Å²) in [6.07, 6.45) is 0. The van der Waals surface area contributed by atoms with Crippen molar-refractivity contribution in [1.82, 2.24) is 0 Å². The van der Waals surface area contributed by atoms with Crippen LogP contribution in [0.25, 0.3) is 0 Å². The average Bonchev–Trinajstić information content (AvgIpc) is 1.69. The number of rotatable bonds is 0. The van der Waals surface area contributed by atoms with Gasteiger partial charge < -0.3 is 12.1 Å². The maximum absolute atomic E-state index is 3.22. The predicted molar refractivity (Wildman–Crippen MR) is 31.8 cm³/mol. The van der Waals surface area contributed by atoms with Gasteiger partial charge in [-0.25, -0.2) is 4.47 Å². The molecule has 0 aliphatic heterocycles. The normalized spacial score (nSPS) is 6.78. The smallest absolute Gasteiger partial charge is 0.318 e. The molecule has 0 saturated heterocycles. The van der Waals surface area contributed by atoms with Gasteiger partial charge in [0.15, 0.2) is 0 Å². The quantitative estimate of drug-likeness (QED) is 0.470. The van der Waals surface area contributed by atoms with Crippen LogP contribution in [-0.2, 0) is 20.4 Å². The zero-order valence-corrected chi connectivity index (χ0v) is 14.2. The molecule has 1 radical (unpaired) electrons. The topological polar surface area (TPSA) is 0 Å². The summed E-state index contributed by atoms with van der Waals surface area (Å²) in [4.78, 5) is 0. The monoisotopic (exact) mass is 426 g/mol. The van der Waals surface area contributed by atoms with Crippen molar-refractivity contribution in [3.8, 4) is 0 Å².